The van der Waals surface area contributed by atoms with E-state index in [-0.39, 0.29) is 11.3 Å². The van der Waals surface area contributed by atoms with Crippen LogP contribution in [0, 0.1) is 17.1 Å². The van der Waals surface area contributed by atoms with Gasteiger partial charge in [-0.1, -0.05) is 0 Å². The summed E-state index contributed by atoms with van der Waals surface area (Å²) in [5.74, 6) is -1.05. The Kier molecular flexibility index (Phi) is 6.70. The Morgan fingerprint density at radius 1 is 1.12 bits per heavy atom. The molecule has 1 amide bonds. The number of rotatable bonds is 5. The summed E-state index contributed by atoms with van der Waals surface area (Å²) in [6.07, 6.45) is 6.41. The van der Waals surface area contributed by atoms with Crippen LogP contribution in [0.5, 0.6) is 0 Å². The minimum atomic E-state index is -4.62. The summed E-state index contributed by atoms with van der Waals surface area (Å²) < 4.78 is 51.6. The molecular formula is C23H17F4N5OS. The standard InChI is InChI=1S/C23H17F4N5OS/c24-19-9-17(3-4-20(19)34-23(25,26)27)31-22(33)16-8-18(15-7-14(10-28)11-29-12-15)21(30-13-16)32-5-1-2-6-32/h3-4,7-9,11-13H,1-2,5-6H2,(H,31,33). The number of halogens is 4. The van der Waals surface area contributed by atoms with Gasteiger partial charge >= 0.3 is 5.51 Å². The minimum Gasteiger partial charge on any atom is -0.356 e. The number of benzene rings is 1. The van der Waals surface area contributed by atoms with E-state index in [1.807, 2.05) is 6.07 Å². The molecule has 34 heavy (non-hydrogen) atoms. The molecule has 1 aliphatic heterocycles. The molecule has 0 saturated carbocycles. The summed E-state index contributed by atoms with van der Waals surface area (Å²) in [5.41, 5.74) is -2.87. The maximum absolute atomic E-state index is 14.1. The van der Waals surface area contributed by atoms with Crippen molar-refractivity contribution in [3.8, 4) is 17.2 Å². The van der Waals surface area contributed by atoms with E-state index in [4.69, 9.17) is 0 Å². The van der Waals surface area contributed by atoms with E-state index in [1.54, 1.807) is 18.3 Å². The third kappa shape index (κ3) is 5.46. The molecule has 1 aromatic carbocycles. The Morgan fingerprint density at radius 2 is 1.88 bits per heavy atom. The van der Waals surface area contributed by atoms with Crippen LogP contribution in [0.2, 0.25) is 0 Å². The predicted octanol–water partition coefficient (Wildman–Crippen LogP) is 5.62. The van der Waals surface area contributed by atoms with Gasteiger partial charge in [-0.05, 0) is 54.9 Å². The summed E-state index contributed by atoms with van der Waals surface area (Å²) in [4.78, 5) is 22.9. The number of thioether (sulfide) groups is 1. The number of amides is 1. The highest BCUT2D eigenvalue weighted by atomic mass is 32.2. The molecule has 1 fully saturated rings. The van der Waals surface area contributed by atoms with E-state index in [1.165, 1.54) is 18.5 Å². The predicted molar refractivity (Wildman–Crippen MR) is 120 cm³/mol. The number of nitrogens with zero attached hydrogens (tertiary/aromatic N) is 4. The van der Waals surface area contributed by atoms with Crippen molar-refractivity contribution >= 4 is 29.2 Å². The Hall–Kier alpha value is -3.65. The van der Waals surface area contributed by atoms with Crippen LogP contribution in [0.1, 0.15) is 28.8 Å². The van der Waals surface area contributed by atoms with E-state index >= 15 is 0 Å². The lowest BCUT2D eigenvalue weighted by Crippen LogP contribution is -2.21. The fourth-order valence-corrected chi connectivity index (χ4v) is 4.15. The first kappa shape index (κ1) is 23.5. The molecule has 0 aliphatic carbocycles. The van der Waals surface area contributed by atoms with Gasteiger partial charge in [0.1, 0.15) is 17.7 Å². The molecule has 1 saturated heterocycles. The first-order valence-electron chi connectivity index (χ1n) is 10.2. The average Bonchev–Trinajstić information content (AvgIpc) is 3.34. The van der Waals surface area contributed by atoms with Crippen LogP contribution in [0.25, 0.3) is 11.1 Å². The van der Waals surface area contributed by atoms with Gasteiger partial charge in [0.15, 0.2) is 0 Å². The van der Waals surface area contributed by atoms with Crippen LogP contribution in [-0.2, 0) is 0 Å². The number of hydrogen-bond donors (Lipinski definition) is 1. The van der Waals surface area contributed by atoms with E-state index in [9.17, 15) is 27.6 Å². The third-order valence-corrected chi connectivity index (χ3v) is 5.91. The van der Waals surface area contributed by atoms with Crippen molar-refractivity contribution < 1.29 is 22.4 Å². The normalized spacial score (nSPS) is 13.6. The molecule has 0 unspecified atom stereocenters. The minimum absolute atomic E-state index is 0.00679. The van der Waals surface area contributed by atoms with Crippen LogP contribution in [-0.4, -0.2) is 34.5 Å². The molecule has 0 bridgehead atoms. The number of carbonyl (C=O) groups is 1. The Bertz CT molecular complexity index is 1270. The van der Waals surface area contributed by atoms with Crippen LogP contribution < -0.4 is 10.2 Å². The molecule has 174 valence electrons. The third-order valence-electron chi connectivity index (χ3n) is 5.13. The van der Waals surface area contributed by atoms with E-state index in [2.05, 4.69) is 20.2 Å². The first-order chi connectivity index (χ1) is 16.2. The number of hydrogen-bond acceptors (Lipinski definition) is 6. The number of alkyl halides is 3. The molecule has 6 nitrogen and oxygen atoms in total. The molecule has 11 heteroatoms. The molecule has 2 aromatic heterocycles. The molecule has 0 radical (unpaired) electrons. The van der Waals surface area contributed by atoms with Crippen molar-refractivity contribution in [3.63, 3.8) is 0 Å². The van der Waals surface area contributed by atoms with E-state index < -0.39 is 33.9 Å². The highest BCUT2D eigenvalue weighted by Gasteiger charge is 2.30. The second kappa shape index (κ2) is 9.69. The summed E-state index contributed by atoms with van der Waals surface area (Å²) in [5, 5.41) is 11.7. The quantitative estimate of drug-likeness (QED) is 0.372. The number of anilines is 2. The monoisotopic (exact) mass is 487 g/mol. The lowest BCUT2D eigenvalue weighted by atomic mass is 10.0. The zero-order valence-electron chi connectivity index (χ0n) is 17.6. The zero-order valence-corrected chi connectivity index (χ0v) is 18.4. The molecule has 0 atom stereocenters. The van der Waals surface area contributed by atoms with Crippen molar-refractivity contribution in [3.05, 3.63) is 65.9 Å². The molecule has 1 N–H and O–H groups in total. The summed E-state index contributed by atoms with van der Waals surface area (Å²) in [7, 11) is 0. The average molecular weight is 487 g/mol. The van der Waals surface area contributed by atoms with Crippen LogP contribution >= 0.6 is 11.8 Å². The fraction of sp³-hybridized carbons (Fsp3) is 0.217. The van der Waals surface area contributed by atoms with Crippen LogP contribution in [0.3, 0.4) is 0 Å². The Balaban J connectivity index is 1.63. The lowest BCUT2D eigenvalue weighted by Gasteiger charge is -2.21. The van der Waals surface area contributed by atoms with Crippen molar-refractivity contribution in [2.75, 3.05) is 23.3 Å². The maximum Gasteiger partial charge on any atom is 0.446 e. The van der Waals surface area contributed by atoms with Gasteiger partial charge in [-0.2, -0.15) is 18.4 Å². The zero-order chi connectivity index (χ0) is 24.3. The van der Waals surface area contributed by atoms with Crippen LogP contribution in [0.4, 0.5) is 29.1 Å². The number of pyridine rings is 2. The SMILES string of the molecule is N#Cc1cncc(-c2cc(C(=O)Nc3ccc(SC(F)(F)F)c(F)c3)cnc2N2CCCC2)c1. The second-order valence-electron chi connectivity index (χ2n) is 7.51. The smallest absolute Gasteiger partial charge is 0.356 e. The first-order valence-corrected chi connectivity index (χ1v) is 11.0. The molecule has 1 aliphatic rings. The molecular weight excluding hydrogens is 470 g/mol. The van der Waals surface area contributed by atoms with Crippen LogP contribution in [0.15, 0.2) is 53.8 Å². The summed E-state index contributed by atoms with van der Waals surface area (Å²) in [6.45, 7) is 1.61. The van der Waals surface area contributed by atoms with Gasteiger partial charge in [-0.15, -0.1) is 0 Å². The summed E-state index contributed by atoms with van der Waals surface area (Å²) in [6, 6.07) is 8.29. The Labute approximate surface area is 196 Å². The number of nitriles is 1. The second-order valence-corrected chi connectivity index (χ2v) is 8.62. The number of carbonyl (C=O) groups excluding carboxylic acids is 1. The van der Waals surface area contributed by atoms with Gasteiger partial charge < -0.3 is 10.2 Å². The molecule has 4 rings (SSSR count). The number of aromatic nitrogens is 2. The molecule has 3 heterocycles. The summed E-state index contributed by atoms with van der Waals surface area (Å²) >= 11 is -0.564. The van der Waals surface area contributed by atoms with Gasteiger partial charge in [0.2, 0.25) is 0 Å². The topological polar surface area (TPSA) is 81.9 Å². The highest BCUT2D eigenvalue weighted by molar-refractivity contribution is 8.00. The van der Waals surface area contributed by atoms with Crippen molar-refractivity contribution in [2.45, 2.75) is 23.2 Å². The van der Waals surface area contributed by atoms with Crippen molar-refractivity contribution in [1.82, 2.24) is 9.97 Å². The lowest BCUT2D eigenvalue weighted by molar-refractivity contribution is -0.0329. The van der Waals surface area contributed by atoms with Gasteiger partial charge in [0, 0.05) is 48.5 Å². The largest absolute Gasteiger partial charge is 0.446 e. The number of nitrogens with one attached hydrogen (secondary N) is 1. The van der Waals surface area contributed by atoms with Gasteiger partial charge in [-0.25, -0.2) is 9.37 Å². The molecule has 3 aromatic rings. The van der Waals surface area contributed by atoms with Crippen molar-refractivity contribution in [1.29, 1.82) is 5.26 Å². The van der Waals surface area contributed by atoms with Gasteiger partial charge in [0.25, 0.3) is 5.91 Å². The van der Waals surface area contributed by atoms with Crippen molar-refractivity contribution in [2.24, 2.45) is 0 Å². The van der Waals surface area contributed by atoms with E-state index in [0.717, 1.165) is 38.1 Å². The molecule has 0 spiro atoms. The fourth-order valence-electron chi connectivity index (χ4n) is 3.61. The Morgan fingerprint density at radius 3 is 2.56 bits per heavy atom. The van der Waals surface area contributed by atoms with E-state index in [0.29, 0.717) is 22.5 Å². The maximum atomic E-state index is 14.1. The highest BCUT2D eigenvalue weighted by Crippen LogP contribution is 2.38. The van der Waals surface area contributed by atoms with Gasteiger partial charge in [-0.3, -0.25) is 9.78 Å². The van der Waals surface area contributed by atoms with Gasteiger partial charge in [0.05, 0.1) is 16.0 Å².